The number of aliphatic carboxylic acids is 1. The van der Waals surface area contributed by atoms with E-state index < -0.39 is 16.9 Å². The Labute approximate surface area is 118 Å². The standard InChI is InChI=1S/C10H10Cl2N4O3/c1-2-16-5-6(3-14-16)9(17)15-13-4-7(11)8(12)10(18)19/h3-5H,2H2,1H3,(H,15,17)(H,18,19)/b8-7+,13-4+. The third-order valence-electron chi connectivity index (χ3n) is 1.96. The number of hydrogen-bond acceptors (Lipinski definition) is 4. The maximum atomic E-state index is 11.6. The SMILES string of the molecule is CCn1cc(C(=O)N/N=C/C(Cl)=C(\Cl)C(=O)O)cn1. The number of carbonyl (C=O) groups is 2. The van der Waals surface area contributed by atoms with Gasteiger partial charge in [-0.1, -0.05) is 23.2 Å². The van der Waals surface area contributed by atoms with Crippen molar-refractivity contribution < 1.29 is 14.7 Å². The number of aromatic nitrogens is 2. The van der Waals surface area contributed by atoms with Crippen molar-refractivity contribution in [3.63, 3.8) is 0 Å². The molecule has 0 atom stereocenters. The highest BCUT2D eigenvalue weighted by atomic mass is 35.5. The zero-order chi connectivity index (χ0) is 14.4. The molecule has 1 aromatic heterocycles. The van der Waals surface area contributed by atoms with Gasteiger partial charge in [-0.25, -0.2) is 10.2 Å². The second-order valence-corrected chi connectivity index (χ2v) is 4.04. The number of aryl methyl sites for hydroxylation is 1. The van der Waals surface area contributed by atoms with Crippen molar-refractivity contribution >= 4 is 41.3 Å². The van der Waals surface area contributed by atoms with Crippen molar-refractivity contribution in [2.24, 2.45) is 5.10 Å². The van der Waals surface area contributed by atoms with Crippen LogP contribution >= 0.6 is 23.2 Å². The van der Waals surface area contributed by atoms with Crippen molar-refractivity contribution in [3.8, 4) is 0 Å². The van der Waals surface area contributed by atoms with Crippen LogP contribution in [0.5, 0.6) is 0 Å². The molecule has 0 aliphatic rings. The maximum Gasteiger partial charge on any atom is 0.348 e. The Bertz CT molecular complexity index is 551. The molecule has 0 aliphatic heterocycles. The van der Waals surface area contributed by atoms with E-state index in [2.05, 4.69) is 15.6 Å². The Balaban J connectivity index is 2.64. The van der Waals surface area contributed by atoms with Gasteiger partial charge < -0.3 is 5.11 Å². The summed E-state index contributed by atoms with van der Waals surface area (Å²) in [7, 11) is 0. The molecule has 102 valence electrons. The Hall–Kier alpha value is -1.86. The number of carboxylic acid groups (broad SMARTS) is 1. The number of nitrogens with zero attached hydrogens (tertiary/aromatic N) is 3. The predicted octanol–water partition coefficient (Wildman–Crippen LogP) is 1.39. The van der Waals surface area contributed by atoms with Gasteiger partial charge in [0.15, 0.2) is 0 Å². The van der Waals surface area contributed by atoms with E-state index in [1.165, 1.54) is 6.20 Å². The van der Waals surface area contributed by atoms with Crippen molar-refractivity contribution in [1.29, 1.82) is 0 Å². The summed E-state index contributed by atoms with van der Waals surface area (Å²) in [6.07, 6.45) is 3.86. The van der Waals surface area contributed by atoms with Gasteiger partial charge in [-0.05, 0) is 6.92 Å². The highest BCUT2D eigenvalue weighted by Gasteiger charge is 2.09. The number of rotatable bonds is 5. The minimum absolute atomic E-state index is 0.293. The Morgan fingerprint density at radius 3 is 2.79 bits per heavy atom. The van der Waals surface area contributed by atoms with Crippen LogP contribution in [-0.4, -0.2) is 33.0 Å². The molecule has 1 aromatic rings. The van der Waals surface area contributed by atoms with Crippen LogP contribution in [0.15, 0.2) is 27.6 Å². The fourth-order valence-corrected chi connectivity index (χ4v) is 1.20. The molecule has 0 saturated heterocycles. The third kappa shape index (κ3) is 4.38. The molecule has 9 heteroatoms. The Morgan fingerprint density at radius 1 is 1.58 bits per heavy atom. The number of hydrogen-bond donors (Lipinski definition) is 2. The van der Waals surface area contributed by atoms with E-state index in [4.69, 9.17) is 28.3 Å². The van der Waals surface area contributed by atoms with Crippen LogP contribution in [-0.2, 0) is 11.3 Å². The molecule has 1 amide bonds. The number of amides is 1. The van der Waals surface area contributed by atoms with Crippen molar-refractivity contribution in [3.05, 3.63) is 28.0 Å². The van der Waals surface area contributed by atoms with Gasteiger partial charge >= 0.3 is 5.97 Å². The number of nitrogens with one attached hydrogen (secondary N) is 1. The molecule has 0 spiro atoms. The molecule has 0 fully saturated rings. The molecule has 0 aromatic carbocycles. The topological polar surface area (TPSA) is 96.6 Å². The van der Waals surface area contributed by atoms with E-state index in [0.29, 0.717) is 12.1 Å². The first-order valence-electron chi connectivity index (χ1n) is 5.10. The van der Waals surface area contributed by atoms with Crippen LogP contribution < -0.4 is 5.43 Å². The van der Waals surface area contributed by atoms with E-state index >= 15 is 0 Å². The minimum atomic E-state index is -1.38. The summed E-state index contributed by atoms with van der Waals surface area (Å²) in [4.78, 5) is 22.0. The molecular formula is C10H10Cl2N4O3. The molecule has 19 heavy (non-hydrogen) atoms. The molecule has 0 aliphatic carbocycles. The summed E-state index contributed by atoms with van der Waals surface area (Å²) < 4.78 is 1.58. The van der Waals surface area contributed by atoms with Crippen LogP contribution in [0, 0.1) is 0 Å². The van der Waals surface area contributed by atoms with E-state index in [1.807, 2.05) is 6.92 Å². The zero-order valence-electron chi connectivity index (χ0n) is 9.80. The van der Waals surface area contributed by atoms with E-state index in [1.54, 1.807) is 10.9 Å². The average molecular weight is 305 g/mol. The first kappa shape index (κ1) is 15.2. The van der Waals surface area contributed by atoms with Crippen molar-refractivity contribution in [2.45, 2.75) is 13.5 Å². The van der Waals surface area contributed by atoms with Gasteiger partial charge in [0.2, 0.25) is 0 Å². The number of allylic oxidation sites excluding steroid dienone is 1. The van der Waals surface area contributed by atoms with E-state index in [-0.39, 0.29) is 5.03 Å². The average Bonchev–Trinajstić information content (AvgIpc) is 2.86. The van der Waals surface area contributed by atoms with Gasteiger partial charge in [-0.3, -0.25) is 9.48 Å². The highest BCUT2D eigenvalue weighted by molar-refractivity contribution is 6.51. The summed E-state index contributed by atoms with van der Waals surface area (Å²) in [6, 6.07) is 0. The summed E-state index contributed by atoms with van der Waals surface area (Å²) in [5, 5.41) is 15.1. The monoisotopic (exact) mass is 304 g/mol. The highest BCUT2D eigenvalue weighted by Crippen LogP contribution is 2.11. The van der Waals surface area contributed by atoms with Gasteiger partial charge in [0.05, 0.1) is 23.0 Å². The van der Waals surface area contributed by atoms with Crippen LogP contribution in [0.3, 0.4) is 0 Å². The molecule has 2 N–H and O–H groups in total. The van der Waals surface area contributed by atoms with Gasteiger partial charge in [0.25, 0.3) is 5.91 Å². The lowest BCUT2D eigenvalue weighted by atomic mass is 10.3. The Kier molecular flexibility index (Phi) is 5.53. The molecule has 1 rings (SSSR count). The summed E-state index contributed by atoms with van der Waals surface area (Å²) in [5.41, 5.74) is 2.49. The predicted molar refractivity (Wildman–Crippen MR) is 70.2 cm³/mol. The number of carboxylic acids is 1. The van der Waals surface area contributed by atoms with E-state index in [0.717, 1.165) is 6.21 Å². The second-order valence-electron chi connectivity index (χ2n) is 3.25. The van der Waals surface area contributed by atoms with Crippen molar-refractivity contribution in [2.75, 3.05) is 0 Å². The number of hydrazone groups is 1. The molecule has 7 nitrogen and oxygen atoms in total. The first-order chi connectivity index (χ1) is 8.95. The largest absolute Gasteiger partial charge is 0.477 e. The van der Waals surface area contributed by atoms with Gasteiger partial charge in [-0.2, -0.15) is 10.2 Å². The lowest BCUT2D eigenvalue weighted by molar-refractivity contribution is -0.131. The normalized spacial score (nSPS) is 12.4. The van der Waals surface area contributed by atoms with Crippen LogP contribution in [0.1, 0.15) is 17.3 Å². The van der Waals surface area contributed by atoms with Crippen LogP contribution in [0.25, 0.3) is 0 Å². The third-order valence-corrected chi connectivity index (χ3v) is 2.71. The zero-order valence-corrected chi connectivity index (χ0v) is 11.3. The van der Waals surface area contributed by atoms with Crippen LogP contribution in [0.2, 0.25) is 0 Å². The number of carbonyl (C=O) groups excluding carboxylic acids is 1. The smallest absolute Gasteiger partial charge is 0.348 e. The summed E-state index contributed by atoms with van der Waals surface area (Å²) in [5.74, 6) is -1.87. The van der Waals surface area contributed by atoms with Crippen LogP contribution in [0.4, 0.5) is 0 Å². The molecule has 0 radical (unpaired) electrons. The molecular weight excluding hydrogens is 295 g/mol. The second kappa shape index (κ2) is 6.91. The lowest BCUT2D eigenvalue weighted by Crippen LogP contribution is -2.17. The Morgan fingerprint density at radius 2 is 2.26 bits per heavy atom. The fourth-order valence-electron chi connectivity index (χ4n) is 1.02. The molecule has 0 saturated carbocycles. The molecule has 0 unspecified atom stereocenters. The summed E-state index contributed by atoms with van der Waals surface area (Å²) in [6.45, 7) is 2.52. The quantitative estimate of drug-likeness (QED) is 0.488. The maximum absolute atomic E-state index is 11.6. The molecule has 1 heterocycles. The van der Waals surface area contributed by atoms with Gasteiger partial charge in [0, 0.05) is 12.7 Å². The van der Waals surface area contributed by atoms with Gasteiger partial charge in [-0.15, -0.1) is 0 Å². The minimum Gasteiger partial charge on any atom is -0.477 e. The lowest BCUT2D eigenvalue weighted by Gasteiger charge is -1.96. The summed E-state index contributed by atoms with van der Waals surface area (Å²) >= 11 is 10.9. The first-order valence-corrected chi connectivity index (χ1v) is 5.85. The van der Waals surface area contributed by atoms with Crippen molar-refractivity contribution in [1.82, 2.24) is 15.2 Å². The van der Waals surface area contributed by atoms with Gasteiger partial charge in [0.1, 0.15) is 5.03 Å². The number of halogens is 2. The molecule has 0 bridgehead atoms. The van der Waals surface area contributed by atoms with E-state index in [9.17, 15) is 9.59 Å². The fraction of sp³-hybridized carbons (Fsp3) is 0.200.